The van der Waals surface area contributed by atoms with Crippen LogP contribution in [0.4, 0.5) is 4.79 Å². The Bertz CT molecular complexity index is 844. The van der Waals surface area contributed by atoms with Gasteiger partial charge in [-0.3, -0.25) is 4.79 Å². The number of fused-ring (bicyclic) bond motifs is 1. The normalized spacial score (nSPS) is 15.7. The van der Waals surface area contributed by atoms with E-state index in [1.807, 2.05) is 4.90 Å². The van der Waals surface area contributed by atoms with E-state index in [9.17, 15) is 9.59 Å². The summed E-state index contributed by atoms with van der Waals surface area (Å²) in [4.78, 5) is 32.5. The molecular formula is C23H31N3O2S. The van der Waals surface area contributed by atoms with Gasteiger partial charge in [-0.1, -0.05) is 43.2 Å². The van der Waals surface area contributed by atoms with Crippen LogP contribution >= 0.6 is 11.3 Å². The van der Waals surface area contributed by atoms with E-state index in [2.05, 4.69) is 49.6 Å². The van der Waals surface area contributed by atoms with Crippen molar-refractivity contribution >= 4 is 23.3 Å². The number of unbranched alkanes of at least 4 members (excludes halogenated alkanes) is 1. The van der Waals surface area contributed by atoms with Crippen LogP contribution in [-0.2, 0) is 11.2 Å². The van der Waals surface area contributed by atoms with Crippen LogP contribution in [0.1, 0.15) is 47.4 Å². The Morgan fingerprint density at radius 2 is 1.90 bits per heavy atom. The van der Waals surface area contributed by atoms with E-state index in [0.717, 1.165) is 24.8 Å². The fourth-order valence-electron chi connectivity index (χ4n) is 3.82. The first-order chi connectivity index (χ1) is 13.9. The molecule has 29 heavy (non-hydrogen) atoms. The van der Waals surface area contributed by atoms with E-state index in [4.69, 9.17) is 0 Å². The second kappa shape index (κ2) is 9.44. The maximum atomic E-state index is 13.4. The minimum absolute atomic E-state index is 0.0127. The molecule has 5 nitrogen and oxygen atoms in total. The molecule has 2 heterocycles. The van der Waals surface area contributed by atoms with Gasteiger partial charge in [0.15, 0.2) is 0 Å². The van der Waals surface area contributed by atoms with E-state index in [-0.39, 0.29) is 24.5 Å². The smallest absolute Gasteiger partial charge is 0.319 e. The highest BCUT2D eigenvalue weighted by Crippen LogP contribution is 2.37. The minimum atomic E-state index is -0.105. The first-order valence-electron chi connectivity index (χ1n) is 10.3. The number of urea groups is 1. The van der Waals surface area contributed by atoms with Gasteiger partial charge in [-0.15, -0.1) is 11.3 Å². The van der Waals surface area contributed by atoms with Crippen molar-refractivity contribution in [3.63, 3.8) is 0 Å². The van der Waals surface area contributed by atoms with Gasteiger partial charge in [0.25, 0.3) is 0 Å². The molecule has 0 unspecified atom stereocenters. The summed E-state index contributed by atoms with van der Waals surface area (Å²) in [5.74, 6) is 0.0127. The third-order valence-corrected chi connectivity index (χ3v) is 6.44. The summed E-state index contributed by atoms with van der Waals surface area (Å²) in [6.07, 6.45) is 2.75. The molecule has 0 radical (unpaired) electrons. The second-order valence-corrected chi connectivity index (χ2v) is 8.90. The summed E-state index contributed by atoms with van der Waals surface area (Å²) in [7, 11) is 3.47. The van der Waals surface area contributed by atoms with E-state index in [1.54, 1.807) is 35.2 Å². The number of thiophene rings is 1. The van der Waals surface area contributed by atoms with E-state index in [1.165, 1.54) is 16.0 Å². The number of nitrogens with zero attached hydrogens (tertiary/aromatic N) is 3. The molecule has 6 heteroatoms. The van der Waals surface area contributed by atoms with Crippen molar-refractivity contribution in [3.05, 3.63) is 57.3 Å². The SMILES string of the molecule is CCCCN(CC(=O)N1CCc2sccc2[C@@H]1c1ccc(C)cc1)C(=O)N(C)C. The van der Waals surface area contributed by atoms with Crippen LogP contribution in [0, 0.1) is 6.92 Å². The summed E-state index contributed by atoms with van der Waals surface area (Å²) in [6.45, 7) is 5.58. The number of carbonyl (C=O) groups excluding carboxylic acids is 2. The molecule has 3 rings (SSSR count). The number of amides is 3. The maximum absolute atomic E-state index is 13.4. The monoisotopic (exact) mass is 413 g/mol. The summed E-state index contributed by atoms with van der Waals surface area (Å²) >= 11 is 1.77. The van der Waals surface area contributed by atoms with Crippen LogP contribution < -0.4 is 0 Å². The number of benzene rings is 1. The third kappa shape index (κ3) is 4.81. The lowest BCUT2D eigenvalue weighted by Crippen LogP contribution is -2.49. The van der Waals surface area contributed by atoms with Crippen molar-refractivity contribution in [2.45, 2.75) is 39.2 Å². The van der Waals surface area contributed by atoms with Gasteiger partial charge in [0.2, 0.25) is 5.91 Å². The zero-order valence-corrected chi connectivity index (χ0v) is 18.7. The quantitative estimate of drug-likeness (QED) is 0.708. The van der Waals surface area contributed by atoms with Gasteiger partial charge >= 0.3 is 6.03 Å². The molecular weight excluding hydrogens is 382 g/mol. The Kier molecular flexibility index (Phi) is 6.96. The molecule has 0 spiro atoms. The molecule has 0 bridgehead atoms. The van der Waals surface area contributed by atoms with Crippen molar-refractivity contribution in [2.24, 2.45) is 0 Å². The van der Waals surface area contributed by atoms with Crippen LogP contribution in [-0.4, -0.2) is 60.4 Å². The Hall–Kier alpha value is -2.34. The number of hydrogen-bond donors (Lipinski definition) is 0. The molecule has 0 N–H and O–H groups in total. The molecule has 0 fully saturated rings. The van der Waals surface area contributed by atoms with Gasteiger partial charge in [-0.2, -0.15) is 0 Å². The summed E-state index contributed by atoms with van der Waals surface area (Å²) in [6, 6.07) is 10.4. The van der Waals surface area contributed by atoms with E-state index >= 15 is 0 Å². The molecule has 0 aliphatic carbocycles. The zero-order valence-electron chi connectivity index (χ0n) is 17.9. The molecule has 1 atom stereocenters. The highest BCUT2D eigenvalue weighted by Gasteiger charge is 2.34. The van der Waals surface area contributed by atoms with Gasteiger partial charge < -0.3 is 14.7 Å². The summed E-state index contributed by atoms with van der Waals surface area (Å²) < 4.78 is 0. The summed E-state index contributed by atoms with van der Waals surface area (Å²) in [5.41, 5.74) is 3.55. The predicted molar refractivity (Wildman–Crippen MR) is 118 cm³/mol. The molecule has 2 aromatic rings. The van der Waals surface area contributed by atoms with Crippen molar-refractivity contribution in [2.75, 3.05) is 33.7 Å². The zero-order chi connectivity index (χ0) is 21.0. The Morgan fingerprint density at radius 1 is 1.17 bits per heavy atom. The van der Waals surface area contributed by atoms with Crippen molar-refractivity contribution in [1.82, 2.24) is 14.7 Å². The topological polar surface area (TPSA) is 43.9 Å². The van der Waals surface area contributed by atoms with Crippen LogP contribution in [0.5, 0.6) is 0 Å². The van der Waals surface area contributed by atoms with Crippen LogP contribution in [0.25, 0.3) is 0 Å². The minimum Gasteiger partial charge on any atom is -0.331 e. The first kappa shape index (κ1) is 21.4. The van der Waals surface area contributed by atoms with Crippen molar-refractivity contribution in [3.8, 4) is 0 Å². The Morgan fingerprint density at radius 3 is 2.55 bits per heavy atom. The predicted octanol–water partition coefficient (Wildman–Crippen LogP) is 4.31. The lowest BCUT2D eigenvalue weighted by molar-refractivity contribution is -0.134. The van der Waals surface area contributed by atoms with Crippen LogP contribution in [0.3, 0.4) is 0 Å². The lowest BCUT2D eigenvalue weighted by atomic mass is 9.92. The van der Waals surface area contributed by atoms with Crippen molar-refractivity contribution in [1.29, 1.82) is 0 Å². The molecule has 1 aliphatic rings. The van der Waals surface area contributed by atoms with Gasteiger partial charge in [-0.25, -0.2) is 4.79 Å². The van der Waals surface area contributed by atoms with Crippen molar-refractivity contribution < 1.29 is 9.59 Å². The number of aryl methyl sites for hydroxylation is 1. The van der Waals surface area contributed by atoms with Gasteiger partial charge in [0.05, 0.1) is 6.04 Å². The van der Waals surface area contributed by atoms with Crippen LogP contribution in [0.2, 0.25) is 0 Å². The molecule has 1 aliphatic heterocycles. The summed E-state index contributed by atoms with van der Waals surface area (Å²) in [5, 5.41) is 2.11. The average molecular weight is 414 g/mol. The lowest BCUT2D eigenvalue weighted by Gasteiger charge is -2.38. The number of rotatable bonds is 6. The van der Waals surface area contributed by atoms with E-state index in [0.29, 0.717) is 13.1 Å². The first-order valence-corrected chi connectivity index (χ1v) is 11.2. The molecule has 0 saturated carbocycles. The Labute approximate surface area is 177 Å². The third-order valence-electron chi connectivity index (χ3n) is 5.44. The largest absolute Gasteiger partial charge is 0.331 e. The van der Waals surface area contributed by atoms with Gasteiger partial charge in [0.1, 0.15) is 6.54 Å². The molecule has 3 amide bonds. The standard InChI is InChI=1S/C23H31N3O2S/c1-5-6-13-25(23(28)24(3)4)16-21(27)26-14-11-20-19(12-15-29-20)22(26)18-9-7-17(2)8-10-18/h7-10,12,15,22H,5-6,11,13-14,16H2,1-4H3/t22-/m0/s1. The second-order valence-electron chi connectivity index (χ2n) is 7.90. The number of hydrogen-bond acceptors (Lipinski definition) is 3. The highest BCUT2D eigenvalue weighted by atomic mass is 32.1. The fourth-order valence-corrected chi connectivity index (χ4v) is 4.73. The van der Waals surface area contributed by atoms with Gasteiger partial charge in [-0.05, 0) is 42.3 Å². The Balaban J connectivity index is 1.87. The van der Waals surface area contributed by atoms with Gasteiger partial charge in [0, 0.05) is 32.1 Å². The van der Waals surface area contributed by atoms with E-state index < -0.39 is 0 Å². The molecule has 0 saturated heterocycles. The average Bonchev–Trinajstić information content (AvgIpc) is 3.19. The molecule has 156 valence electrons. The molecule has 1 aromatic heterocycles. The fraction of sp³-hybridized carbons (Fsp3) is 0.478. The highest BCUT2D eigenvalue weighted by molar-refractivity contribution is 7.10. The van der Waals surface area contributed by atoms with Crippen LogP contribution in [0.15, 0.2) is 35.7 Å². The maximum Gasteiger partial charge on any atom is 0.319 e. The molecule has 1 aromatic carbocycles. The number of carbonyl (C=O) groups is 2.